The van der Waals surface area contributed by atoms with Gasteiger partial charge in [-0.05, 0) is 37.1 Å². The van der Waals surface area contributed by atoms with Crippen LogP contribution in [0.25, 0.3) is 0 Å². The van der Waals surface area contributed by atoms with Crippen LogP contribution in [0.1, 0.15) is 34.0 Å². The van der Waals surface area contributed by atoms with Crippen LogP contribution < -0.4 is 0 Å². The third-order valence-electron chi connectivity index (χ3n) is 4.39. The molecule has 23 heavy (non-hydrogen) atoms. The van der Waals surface area contributed by atoms with Gasteiger partial charge in [0.2, 0.25) is 0 Å². The fourth-order valence-corrected chi connectivity index (χ4v) is 3.19. The molecule has 0 radical (unpaired) electrons. The Hall–Kier alpha value is -1.91. The van der Waals surface area contributed by atoms with Crippen LogP contribution in [0.4, 0.5) is 0 Å². The van der Waals surface area contributed by atoms with Crippen LogP contribution in [-0.4, -0.2) is 35.5 Å². The van der Waals surface area contributed by atoms with Crippen molar-refractivity contribution in [1.82, 2.24) is 9.88 Å². The minimum Gasteiger partial charge on any atom is -0.371 e. The van der Waals surface area contributed by atoms with Crippen LogP contribution in [0.15, 0.2) is 42.7 Å². The Morgan fingerprint density at radius 1 is 1.35 bits per heavy atom. The van der Waals surface area contributed by atoms with Crippen molar-refractivity contribution >= 4 is 17.5 Å². The van der Waals surface area contributed by atoms with Crippen molar-refractivity contribution in [2.45, 2.75) is 25.5 Å². The van der Waals surface area contributed by atoms with E-state index in [2.05, 4.69) is 4.98 Å². The number of hydrogen-bond acceptors (Lipinski definition) is 3. The van der Waals surface area contributed by atoms with Crippen LogP contribution in [0, 0.1) is 6.92 Å². The second-order valence-electron chi connectivity index (χ2n) is 5.76. The fraction of sp³-hybridized carbons (Fsp3) is 0.333. The monoisotopic (exact) mass is 330 g/mol. The van der Waals surface area contributed by atoms with Gasteiger partial charge in [0.05, 0.1) is 6.04 Å². The first-order chi connectivity index (χ1) is 11.1. The van der Waals surface area contributed by atoms with Crippen molar-refractivity contribution in [2.75, 3.05) is 13.7 Å². The summed E-state index contributed by atoms with van der Waals surface area (Å²) in [6.07, 6.45) is 4.20. The number of carbonyl (C=O) groups is 1. The van der Waals surface area contributed by atoms with E-state index in [1.54, 1.807) is 29.4 Å². The quantitative estimate of drug-likeness (QED) is 0.862. The van der Waals surface area contributed by atoms with E-state index in [0.717, 1.165) is 17.5 Å². The Balaban J connectivity index is 1.85. The highest BCUT2D eigenvalue weighted by Gasteiger charge is 2.35. The number of likely N-dealkylation sites (N-methyl/N-ethyl adjacent to an activating group) is 1. The van der Waals surface area contributed by atoms with Crippen molar-refractivity contribution < 1.29 is 9.53 Å². The number of halogens is 1. The molecule has 1 aliphatic rings. The van der Waals surface area contributed by atoms with Gasteiger partial charge >= 0.3 is 0 Å². The third kappa shape index (κ3) is 3.09. The second kappa shape index (κ2) is 6.69. The number of aromatic nitrogens is 1. The van der Waals surface area contributed by atoms with Gasteiger partial charge < -0.3 is 9.64 Å². The van der Waals surface area contributed by atoms with Crippen molar-refractivity contribution in [3.05, 3.63) is 64.4 Å². The highest BCUT2D eigenvalue weighted by molar-refractivity contribution is 6.31. The number of carbonyl (C=O) groups excluding carboxylic acids is 1. The number of rotatable bonds is 3. The normalized spacial score (nSPS) is 20.5. The largest absolute Gasteiger partial charge is 0.371 e. The molecule has 1 aromatic heterocycles. The van der Waals surface area contributed by atoms with E-state index in [1.165, 1.54) is 0 Å². The Morgan fingerprint density at radius 2 is 2.17 bits per heavy atom. The Labute approximate surface area is 141 Å². The lowest BCUT2D eigenvalue weighted by Gasteiger charge is -2.29. The predicted octanol–water partition coefficient (Wildman–Crippen LogP) is 3.65. The first kappa shape index (κ1) is 16.0. The molecule has 0 bridgehead atoms. The average molecular weight is 331 g/mol. The molecule has 1 aromatic carbocycles. The smallest absolute Gasteiger partial charge is 0.254 e. The summed E-state index contributed by atoms with van der Waals surface area (Å²) in [5.74, 6) is -0.0330. The van der Waals surface area contributed by atoms with E-state index in [-0.39, 0.29) is 18.1 Å². The molecule has 1 fully saturated rings. The van der Waals surface area contributed by atoms with Crippen molar-refractivity contribution in [1.29, 1.82) is 0 Å². The maximum atomic E-state index is 12.9. The third-order valence-corrected chi connectivity index (χ3v) is 4.80. The summed E-state index contributed by atoms with van der Waals surface area (Å²) >= 11 is 6.14. The van der Waals surface area contributed by atoms with Gasteiger partial charge in [-0.25, -0.2) is 0 Å². The Kier molecular flexibility index (Phi) is 4.64. The zero-order valence-electron chi connectivity index (χ0n) is 13.2. The molecule has 0 unspecified atom stereocenters. The minimum absolute atomic E-state index is 0.00918. The number of amides is 1. The van der Waals surface area contributed by atoms with Gasteiger partial charge in [0.1, 0.15) is 6.10 Å². The molecule has 5 heteroatoms. The summed E-state index contributed by atoms with van der Waals surface area (Å²) in [6, 6.07) is 9.28. The van der Waals surface area contributed by atoms with E-state index >= 15 is 0 Å². The summed E-state index contributed by atoms with van der Waals surface area (Å²) in [5.41, 5.74) is 2.44. The van der Waals surface area contributed by atoms with Gasteiger partial charge in [0.25, 0.3) is 5.91 Å². The van der Waals surface area contributed by atoms with Crippen LogP contribution in [0.3, 0.4) is 0 Å². The molecule has 3 rings (SSSR count). The van der Waals surface area contributed by atoms with Gasteiger partial charge in [-0.1, -0.05) is 23.7 Å². The standard InChI is InChI=1S/C18H19ClN2O2/c1-12-14(6-3-7-15(12)19)18(22)21(2)16-8-10-23-17(16)13-5-4-9-20-11-13/h3-7,9,11,16-17H,8,10H2,1-2H3/t16-,17+/m0/s1. The maximum absolute atomic E-state index is 12.9. The maximum Gasteiger partial charge on any atom is 0.254 e. The zero-order chi connectivity index (χ0) is 16.4. The summed E-state index contributed by atoms with van der Waals surface area (Å²) in [4.78, 5) is 18.8. The van der Waals surface area contributed by atoms with E-state index in [0.29, 0.717) is 17.2 Å². The van der Waals surface area contributed by atoms with Gasteiger partial charge in [-0.2, -0.15) is 0 Å². The van der Waals surface area contributed by atoms with Gasteiger partial charge in [0.15, 0.2) is 0 Å². The number of nitrogens with zero attached hydrogens (tertiary/aromatic N) is 2. The lowest BCUT2D eigenvalue weighted by atomic mass is 10.0. The van der Waals surface area contributed by atoms with Gasteiger partial charge in [-0.15, -0.1) is 0 Å². The molecule has 2 heterocycles. The lowest BCUT2D eigenvalue weighted by molar-refractivity contribution is 0.0514. The molecule has 0 aliphatic carbocycles. The second-order valence-corrected chi connectivity index (χ2v) is 6.17. The highest BCUT2D eigenvalue weighted by Crippen LogP contribution is 2.33. The van der Waals surface area contributed by atoms with E-state index in [4.69, 9.17) is 16.3 Å². The van der Waals surface area contributed by atoms with Crippen LogP contribution in [0.5, 0.6) is 0 Å². The van der Waals surface area contributed by atoms with Gasteiger partial charge in [0, 0.05) is 42.2 Å². The summed E-state index contributed by atoms with van der Waals surface area (Å²) in [5, 5.41) is 0.607. The molecule has 120 valence electrons. The molecule has 0 N–H and O–H groups in total. The molecule has 1 saturated heterocycles. The summed E-state index contributed by atoms with van der Waals surface area (Å²) in [6.45, 7) is 2.50. The highest BCUT2D eigenvalue weighted by atomic mass is 35.5. The fourth-order valence-electron chi connectivity index (χ4n) is 3.02. The first-order valence-electron chi connectivity index (χ1n) is 7.63. The molecular weight excluding hydrogens is 312 g/mol. The Bertz CT molecular complexity index is 705. The molecule has 1 aliphatic heterocycles. The van der Waals surface area contributed by atoms with E-state index < -0.39 is 0 Å². The molecule has 0 saturated carbocycles. The van der Waals surface area contributed by atoms with E-state index in [1.807, 2.05) is 32.2 Å². The Morgan fingerprint density at radius 3 is 2.91 bits per heavy atom. The lowest BCUT2D eigenvalue weighted by Crippen LogP contribution is -2.39. The number of pyridine rings is 1. The summed E-state index contributed by atoms with van der Waals surface area (Å²) in [7, 11) is 1.82. The van der Waals surface area contributed by atoms with Crippen LogP contribution in [-0.2, 0) is 4.74 Å². The molecule has 1 amide bonds. The molecule has 2 aromatic rings. The van der Waals surface area contributed by atoms with E-state index in [9.17, 15) is 4.79 Å². The first-order valence-corrected chi connectivity index (χ1v) is 8.01. The van der Waals surface area contributed by atoms with Crippen LogP contribution in [0.2, 0.25) is 5.02 Å². The molecule has 0 spiro atoms. The summed E-state index contributed by atoms with van der Waals surface area (Å²) < 4.78 is 5.85. The average Bonchev–Trinajstić information content (AvgIpc) is 3.06. The molecule has 4 nitrogen and oxygen atoms in total. The zero-order valence-corrected chi connectivity index (χ0v) is 14.0. The van der Waals surface area contributed by atoms with Crippen molar-refractivity contribution in [3.63, 3.8) is 0 Å². The molecular formula is C18H19ClN2O2. The number of benzene rings is 1. The SMILES string of the molecule is Cc1c(Cl)cccc1C(=O)N(C)[C@H]1CCO[C@@H]1c1cccnc1. The van der Waals surface area contributed by atoms with Gasteiger partial charge in [-0.3, -0.25) is 9.78 Å². The number of ether oxygens (including phenoxy) is 1. The van der Waals surface area contributed by atoms with Crippen LogP contribution >= 0.6 is 11.6 Å². The minimum atomic E-state index is -0.142. The topological polar surface area (TPSA) is 42.4 Å². The van der Waals surface area contributed by atoms with Crippen molar-refractivity contribution in [3.8, 4) is 0 Å². The molecule has 2 atom stereocenters. The predicted molar refractivity (Wildman–Crippen MR) is 89.6 cm³/mol. The van der Waals surface area contributed by atoms with Crippen molar-refractivity contribution in [2.24, 2.45) is 0 Å². The number of hydrogen-bond donors (Lipinski definition) is 0.